The average Bonchev–Trinajstić information content (AvgIpc) is 1.88. The maximum absolute atomic E-state index is 10.8. The highest BCUT2D eigenvalue weighted by Gasteiger charge is 2.07. The molecule has 0 aliphatic carbocycles. The second-order valence-corrected chi connectivity index (χ2v) is 2.92. The van der Waals surface area contributed by atoms with E-state index >= 15 is 0 Å². The van der Waals surface area contributed by atoms with Gasteiger partial charge in [0.2, 0.25) is 0 Å². The van der Waals surface area contributed by atoms with E-state index in [0.29, 0.717) is 18.9 Å². The van der Waals surface area contributed by atoms with E-state index in [1.807, 2.05) is 13.8 Å². The zero-order chi connectivity index (χ0) is 7.98. The number of halogens is 1. The standard InChI is InChI=1S/C7H13BrO2/c1-3-10-7(9)4-6(2)5-8/h6H,3-5H2,1-2H3/t6-/m1/s1. The summed E-state index contributed by atoms with van der Waals surface area (Å²) in [6.45, 7) is 4.30. The van der Waals surface area contributed by atoms with Crippen LogP contribution in [0.5, 0.6) is 0 Å². The quantitative estimate of drug-likeness (QED) is 0.522. The number of esters is 1. The third kappa shape index (κ3) is 4.79. The van der Waals surface area contributed by atoms with E-state index in [9.17, 15) is 4.79 Å². The van der Waals surface area contributed by atoms with Gasteiger partial charge in [-0.15, -0.1) is 0 Å². The van der Waals surface area contributed by atoms with Gasteiger partial charge in [-0.05, 0) is 12.8 Å². The minimum absolute atomic E-state index is 0.102. The van der Waals surface area contributed by atoms with Crippen LogP contribution in [-0.4, -0.2) is 17.9 Å². The van der Waals surface area contributed by atoms with Gasteiger partial charge < -0.3 is 4.74 Å². The molecule has 0 aliphatic heterocycles. The summed E-state index contributed by atoms with van der Waals surface area (Å²) in [7, 11) is 0. The molecule has 1 atom stereocenters. The van der Waals surface area contributed by atoms with Crippen LogP contribution in [0.2, 0.25) is 0 Å². The fraction of sp³-hybridized carbons (Fsp3) is 0.857. The molecule has 0 amide bonds. The Balaban J connectivity index is 3.37. The van der Waals surface area contributed by atoms with Gasteiger partial charge in [-0.1, -0.05) is 22.9 Å². The van der Waals surface area contributed by atoms with Gasteiger partial charge >= 0.3 is 5.97 Å². The number of carbonyl (C=O) groups excluding carboxylic acids is 1. The number of ether oxygens (including phenoxy) is 1. The zero-order valence-corrected chi connectivity index (χ0v) is 7.98. The third-order valence-corrected chi connectivity index (χ3v) is 2.19. The van der Waals surface area contributed by atoms with Gasteiger partial charge in [-0.25, -0.2) is 0 Å². The van der Waals surface area contributed by atoms with E-state index in [0.717, 1.165) is 5.33 Å². The van der Waals surface area contributed by atoms with Crippen molar-refractivity contribution in [2.75, 3.05) is 11.9 Å². The van der Waals surface area contributed by atoms with E-state index in [-0.39, 0.29) is 5.97 Å². The molecule has 0 bridgehead atoms. The predicted molar refractivity (Wildman–Crippen MR) is 44.2 cm³/mol. The topological polar surface area (TPSA) is 26.3 Å². The number of hydrogen-bond donors (Lipinski definition) is 0. The van der Waals surface area contributed by atoms with Gasteiger partial charge in [-0.2, -0.15) is 0 Å². The molecular weight excluding hydrogens is 196 g/mol. The Hall–Kier alpha value is -0.0500. The lowest BCUT2D eigenvalue weighted by molar-refractivity contribution is -0.143. The summed E-state index contributed by atoms with van der Waals surface area (Å²) >= 11 is 3.29. The number of rotatable bonds is 4. The summed E-state index contributed by atoms with van der Waals surface area (Å²) in [5.74, 6) is 0.272. The lowest BCUT2D eigenvalue weighted by Crippen LogP contribution is -2.09. The first-order valence-corrected chi connectivity index (χ1v) is 4.54. The molecule has 0 saturated heterocycles. The highest BCUT2D eigenvalue weighted by atomic mass is 79.9. The molecule has 0 aromatic heterocycles. The maximum atomic E-state index is 10.8. The van der Waals surface area contributed by atoms with Crippen LogP contribution < -0.4 is 0 Å². The van der Waals surface area contributed by atoms with Gasteiger partial charge in [0.05, 0.1) is 6.61 Å². The lowest BCUT2D eigenvalue weighted by Gasteiger charge is -2.05. The van der Waals surface area contributed by atoms with Crippen LogP contribution in [0.4, 0.5) is 0 Å². The molecule has 2 nitrogen and oxygen atoms in total. The summed E-state index contributed by atoms with van der Waals surface area (Å²) in [5.41, 5.74) is 0. The Bertz CT molecular complexity index is 104. The van der Waals surface area contributed by atoms with E-state index in [4.69, 9.17) is 4.74 Å². The van der Waals surface area contributed by atoms with E-state index in [1.54, 1.807) is 0 Å². The number of hydrogen-bond acceptors (Lipinski definition) is 2. The molecular formula is C7H13BrO2. The molecule has 10 heavy (non-hydrogen) atoms. The Morgan fingerprint density at radius 3 is 2.70 bits per heavy atom. The summed E-state index contributed by atoms with van der Waals surface area (Å²) in [5, 5.41) is 0.853. The molecule has 0 radical (unpaired) electrons. The first-order valence-electron chi connectivity index (χ1n) is 3.42. The van der Waals surface area contributed by atoms with E-state index in [1.165, 1.54) is 0 Å². The van der Waals surface area contributed by atoms with E-state index in [2.05, 4.69) is 15.9 Å². The van der Waals surface area contributed by atoms with Crippen LogP contribution in [0.1, 0.15) is 20.3 Å². The molecule has 0 aliphatic rings. The average molecular weight is 209 g/mol. The van der Waals surface area contributed by atoms with Gasteiger partial charge in [0.1, 0.15) is 0 Å². The lowest BCUT2D eigenvalue weighted by atomic mass is 10.1. The van der Waals surface area contributed by atoms with Crippen LogP contribution >= 0.6 is 15.9 Å². The molecule has 0 N–H and O–H groups in total. The van der Waals surface area contributed by atoms with Crippen molar-refractivity contribution in [2.45, 2.75) is 20.3 Å². The molecule has 0 aromatic rings. The third-order valence-electron chi connectivity index (χ3n) is 1.08. The van der Waals surface area contributed by atoms with Gasteiger partial charge in [0.15, 0.2) is 0 Å². The molecule has 0 spiro atoms. The fourth-order valence-electron chi connectivity index (χ4n) is 0.559. The van der Waals surface area contributed by atoms with Crippen LogP contribution in [0.15, 0.2) is 0 Å². The predicted octanol–water partition coefficient (Wildman–Crippen LogP) is 1.97. The van der Waals surface area contributed by atoms with Crippen molar-refractivity contribution < 1.29 is 9.53 Å². The number of carbonyl (C=O) groups is 1. The minimum Gasteiger partial charge on any atom is -0.466 e. The zero-order valence-electron chi connectivity index (χ0n) is 6.39. The van der Waals surface area contributed by atoms with Crippen molar-refractivity contribution in [3.63, 3.8) is 0 Å². The Labute approximate surface area is 70.1 Å². The smallest absolute Gasteiger partial charge is 0.306 e. The van der Waals surface area contributed by atoms with E-state index < -0.39 is 0 Å². The molecule has 0 heterocycles. The van der Waals surface area contributed by atoms with Crippen molar-refractivity contribution in [2.24, 2.45) is 5.92 Å². The van der Waals surface area contributed by atoms with Crippen molar-refractivity contribution in [1.29, 1.82) is 0 Å². The second-order valence-electron chi connectivity index (χ2n) is 2.27. The normalized spacial score (nSPS) is 12.7. The summed E-state index contributed by atoms with van der Waals surface area (Å²) in [4.78, 5) is 10.8. The molecule has 0 saturated carbocycles. The van der Waals surface area contributed by atoms with Gasteiger partial charge in [-0.3, -0.25) is 4.79 Å². The monoisotopic (exact) mass is 208 g/mol. The largest absolute Gasteiger partial charge is 0.466 e. The molecule has 3 heteroatoms. The summed E-state index contributed by atoms with van der Waals surface area (Å²) in [6, 6.07) is 0. The van der Waals surface area contributed by atoms with Gasteiger partial charge in [0.25, 0.3) is 0 Å². The molecule has 0 aromatic carbocycles. The van der Waals surface area contributed by atoms with Crippen molar-refractivity contribution in [3.8, 4) is 0 Å². The van der Waals surface area contributed by atoms with Crippen LogP contribution in [0.25, 0.3) is 0 Å². The van der Waals surface area contributed by atoms with Crippen LogP contribution in [0, 0.1) is 5.92 Å². The molecule has 0 rings (SSSR count). The highest BCUT2D eigenvalue weighted by Crippen LogP contribution is 2.05. The van der Waals surface area contributed by atoms with Crippen molar-refractivity contribution in [3.05, 3.63) is 0 Å². The first kappa shape index (κ1) is 9.95. The summed E-state index contributed by atoms with van der Waals surface area (Å²) in [6.07, 6.45) is 0.513. The highest BCUT2D eigenvalue weighted by molar-refractivity contribution is 9.09. The fourth-order valence-corrected chi connectivity index (χ4v) is 0.788. The SMILES string of the molecule is CCOC(=O)C[C@@H](C)CBr. The Morgan fingerprint density at radius 1 is 1.70 bits per heavy atom. The van der Waals surface area contributed by atoms with Gasteiger partial charge in [0, 0.05) is 11.8 Å². The molecule has 60 valence electrons. The van der Waals surface area contributed by atoms with Crippen LogP contribution in [0.3, 0.4) is 0 Å². The Morgan fingerprint density at radius 2 is 2.30 bits per heavy atom. The molecule has 0 fully saturated rings. The minimum atomic E-state index is -0.102. The molecule has 0 unspecified atom stereocenters. The first-order chi connectivity index (χ1) is 4.70. The van der Waals surface area contributed by atoms with Crippen molar-refractivity contribution >= 4 is 21.9 Å². The van der Waals surface area contributed by atoms with Crippen LogP contribution in [-0.2, 0) is 9.53 Å². The summed E-state index contributed by atoms with van der Waals surface area (Å²) < 4.78 is 4.75. The van der Waals surface area contributed by atoms with Crippen molar-refractivity contribution in [1.82, 2.24) is 0 Å². The second kappa shape index (κ2) is 5.71. The number of alkyl halides is 1. The maximum Gasteiger partial charge on any atom is 0.306 e. The Kier molecular flexibility index (Phi) is 5.69.